The molecule has 4 nitrogen and oxygen atoms in total. The van der Waals surface area contributed by atoms with Crippen LogP contribution in [-0.4, -0.2) is 47.8 Å². The van der Waals surface area contributed by atoms with Gasteiger partial charge in [0.25, 0.3) is 0 Å². The minimum atomic E-state index is -0.442. The van der Waals surface area contributed by atoms with Gasteiger partial charge in [-0.25, -0.2) is 0 Å². The van der Waals surface area contributed by atoms with E-state index in [1.165, 1.54) is 0 Å². The molecule has 0 aliphatic carbocycles. The zero-order valence-electron chi connectivity index (χ0n) is 9.70. The Bertz CT molecular complexity index is 184. The number of esters is 1. The smallest absolute Gasteiger partial charge is 0.320 e. The maximum absolute atomic E-state index is 11.3. The largest absolute Gasteiger partial charge is 0.459 e. The van der Waals surface area contributed by atoms with Gasteiger partial charge in [0.15, 0.2) is 0 Å². The van der Waals surface area contributed by atoms with Crippen LogP contribution in [0.3, 0.4) is 0 Å². The van der Waals surface area contributed by atoms with E-state index in [4.69, 9.17) is 9.84 Å². The zero-order valence-corrected chi connectivity index (χ0v) is 9.70. The van der Waals surface area contributed by atoms with Crippen LogP contribution in [0.5, 0.6) is 0 Å². The number of likely N-dealkylation sites (N-methyl/N-ethyl adjacent to an activating group) is 1. The van der Waals surface area contributed by atoms with Gasteiger partial charge >= 0.3 is 5.97 Å². The first-order chi connectivity index (χ1) is 6.20. The number of hydrogen-bond donors (Lipinski definition) is 1. The fraction of sp³-hybridized carbons (Fsp3) is 0.900. The lowest BCUT2D eigenvalue weighted by Gasteiger charge is -2.22. The lowest BCUT2D eigenvalue weighted by molar-refractivity contribution is -0.155. The standard InChI is InChI=1S/C10H21NO3/c1-8(12)6-11(5)7-9(13)14-10(2,3)4/h8,12H,6-7H2,1-5H3. The minimum absolute atomic E-state index is 0.210. The summed E-state index contributed by atoms with van der Waals surface area (Å²) in [5.74, 6) is -0.263. The molecule has 0 saturated heterocycles. The quantitative estimate of drug-likeness (QED) is 0.681. The molecule has 0 heterocycles. The third-order valence-electron chi connectivity index (χ3n) is 1.39. The highest BCUT2D eigenvalue weighted by Gasteiger charge is 2.17. The maximum atomic E-state index is 11.3. The molecule has 0 radical (unpaired) electrons. The molecule has 0 aliphatic heterocycles. The lowest BCUT2D eigenvalue weighted by atomic mass is 10.2. The highest BCUT2D eigenvalue weighted by atomic mass is 16.6. The van der Waals surface area contributed by atoms with Crippen LogP contribution in [0.4, 0.5) is 0 Å². The summed E-state index contributed by atoms with van der Waals surface area (Å²) in [4.78, 5) is 13.0. The number of ether oxygens (including phenoxy) is 1. The van der Waals surface area contributed by atoms with Crippen molar-refractivity contribution >= 4 is 5.97 Å². The van der Waals surface area contributed by atoms with Gasteiger partial charge in [-0.1, -0.05) is 0 Å². The average molecular weight is 203 g/mol. The van der Waals surface area contributed by atoms with Gasteiger partial charge in [-0.3, -0.25) is 9.69 Å². The summed E-state index contributed by atoms with van der Waals surface area (Å²) in [5.41, 5.74) is -0.442. The lowest BCUT2D eigenvalue weighted by Crippen LogP contribution is -2.35. The highest BCUT2D eigenvalue weighted by Crippen LogP contribution is 2.07. The van der Waals surface area contributed by atoms with Crippen LogP contribution in [0.2, 0.25) is 0 Å². The van der Waals surface area contributed by atoms with E-state index in [9.17, 15) is 4.79 Å². The van der Waals surface area contributed by atoms with Crippen LogP contribution in [0.25, 0.3) is 0 Å². The molecular formula is C10H21NO3. The predicted molar refractivity (Wildman–Crippen MR) is 55.0 cm³/mol. The predicted octanol–water partition coefficient (Wildman–Crippen LogP) is 0.641. The molecule has 14 heavy (non-hydrogen) atoms. The van der Waals surface area contributed by atoms with E-state index in [1.54, 1.807) is 18.9 Å². The van der Waals surface area contributed by atoms with Gasteiger partial charge in [-0.05, 0) is 34.7 Å². The van der Waals surface area contributed by atoms with Crippen molar-refractivity contribution in [3.05, 3.63) is 0 Å². The first-order valence-electron chi connectivity index (χ1n) is 4.79. The van der Waals surface area contributed by atoms with E-state index in [1.807, 2.05) is 20.8 Å². The van der Waals surface area contributed by atoms with Crippen molar-refractivity contribution in [2.75, 3.05) is 20.1 Å². The zero-order chi connectivity index (χ0) is 11.4. The molecule has 84 valence electrons. The number of aliphatic hydroxyl groups excluding tert-OH is 1. The van der Waals surface area contributed by atoms with Crippen molar-refractivity contribution in [2.45, 2.75) is 39.4 Å². The van der Waals surface area contributed by atoms with Gasteiger partial charge < -0.3 is 9.84 Å². The Hall–Kier alpha value is -0.610. The molecule has 0 aromatic carbocycles. The maximum Gasteiger partial charge on any atom is 0.320 e. The molecule has 0 amide bonds. The van der Waals surface area contributed by atoms with Crippen molar-refractivity contribution in [1.82, 2.24) is 4.90 Å². The first kappa shape index (κ1) is 13.4. The molecule has 4 heteroatoms. The summed E-state index contributed by atoms with van der Waals surface area (Å²) >= 11 is 0. The summed E-state index contributed by atoms with van der Waals surface area (Å²) in [6.07, 6.45) is -0.428. The fourth-order valence-electron chi connectivity index (χ4n) is 1.11. The Morgan fingerprint density at radius 2 is 2.00 bits per heavy atom. The number of aliphatic hydroxyl groups is 1. The van der Waals surface area contributed by atoms with Crippen LogP contribution < -0.4 is 0 Å². The number of hydrogen-bond acceptors (Lipinski definition) is 4. The second-order valence-electron chi connectivity index (χ2n) is 4.63. The number of nitrogens with zero attached hydrogens (tertiary/aromatic N) is 1. The molecule has 0 bridgehead atoms. The number of carbonyl (C=O) groups is 1. The Morgan fingerprint density at radius 3 is 2.36 bits per heavy atom. The van der Waals surface area contributed by atoms with Gasteiger partial charge in [0.05, 0.1) is 12.6 Å². The average Bonchev–Trinajstić information content (AvgIpc) is 1.77. The second kappa shape index (κ2) is 5.32. The van der Waals surface area contributed by atoms with Crippen LogP contribution in [-0.2, 0) is 9.53 Å². The van der Waals surface area contributed by atoms with Gasteiger partial charge in [-0.2, -0.15) is 0 Å². The molecule has 0 spiro atoms. The van der Waals surface area contributed by atoms with Crippen molar-refractivity contribution in [2.24, 2.45) is 0 Å². The SMILES string of the molecule is CC(O)CN(C)CC(=O)OC(C)(C)C. The Morgan fingerprint density at radius 1 is 1.50 bits per heavy atom. The second-order valence-corrected chi connectivity index (χ2v) is 4.63. The third-order valence-corrected chi connectivity index (χ3v) is 1.39. The van der Waals surface area contributed by atoms with Crippen LogP contribution in [0, 0.1) is 0 Å². The highest BCUT2D eigenvalue weighted by molar-refractivity contribution is 5.72. The van der Waals surface area contributed by atoms with Crippen molar-refractivity contribution in [3.63, 3.8) is 0 Å². The minimum Gasteiger partial charge on any atom is -0.459 e. The van der Waals surface area contributed by atoms with Crippen LogP contribution >= 0.6 is 0 Å². The molecule has 1 N–H and O–H groups in total. The molecule has 0 aromatic heterocycles. The van der Waals surface area contributed by atoms with Crippen LogP contribution in [0.15, 0.2) is 0 Å². The summed E-state index contributed by atoms with van der Waals surface area (Å²) in [6.45, 7) is 7.87. The summed E-state index contributed by atoms with van der Waals surface area (Å²) in [6, 6.07) is 0. The van der Waals surface area contributed by atoms with Gasteiger partial charge in [-0.15, -0.1) is 0 Å². The van der Waals surface area contributed by atoms with Gasteiger partial charge in [0.2, 0.25) is 0 Å². The molecule has 0 rings (SSSR count). The summed E-state index contributed by atoms with van der Waals surface area (Å²) in [7, 11) is 1.77. The van der Waals surface area contributed by atoms with E-state index in [0.717, 1.165) is 0 Å². The fourth-order valence-corrected chi connectivity index (χ4v) is 1.11. The topological polar surface area (TPSA) is 49.8 Å². The van der Waals surface area contributed by atoms with Gasteiger partial charge in [0.1, 0.15) is 5.60 Å². The summed E-state index contributed by atoms with van der Waals surface area (Å²) < 4.78 is 5.13. The number of carbonyl (C=O) groups excluding carboxylic acids is 1. The molecule has 0 aromatic rings. The first-order valence-corrected chi connectivity index (χ1v) is 4.79. The van der Waals surface area contributed by atoms with Crippen LogP contribution in [0.1, 0.15) is 27.7 Å². The molecule has 1 unspecified atom stereocenters. The Kier molecular flexibility index (Phi) is 5.08. The third kappa shape index (κ3) is 8.01. The molecule has 1 atom stereocenters. The van der Waals surface area contributed by atoms with E-state index >= 15 is 0 Å². The van der Waals surface area contributed by atoms with E-state index in [0.29, 0.717) is 6.54 Å². The Labute approximate surface area is 85.9 Å². The van der Waals surface area contributed by atoms with Crippen molar-refractivity contribution < 1.29 is 14.6 Å². The van der Waals surface area contributed by atoms with E-state index in [2.05, 4.69) is 0 Å². The molecule has 0 fully saturated rings. The van der Waals surface area contributed by atoms with E-state index in [-0.39, 0.29) is 12.5 Å². The van der Waals surface area contributed by atoms with E-state index < -0.39 is 11.7 Å². The summed E-state index contributed by atoms with van der Waals surface area (Å²) in [5, 5.41) is 9.07. The normalized spacial score (nSPS) is 14.2. The van der Waals surface area contributed by atoms with Crippen molar-refractivity contribution in [3.8, 4) is 0 Å². The molecular weight excluding hydrogens is 182 g/mol. The van der Waals surface area contributed by atoms with Crippen molar-refractivity contribution in [1.29, 1.82) is 0 Å². The molecule has 0 saturated carbocycles. The number of rotatable bonds is 4. The van der Waals surface area contributed by atoms with Gasteiger partial charge in [0, 0.05) is 6.54 Å². The molecule has 0 aliphatic rings. The monoisotopic (exact) mass is 203 g/mol. The Balaban J connectivity index is 3.83.